The van der Waals surface area contributed by atoms with Crippen LogP contribution in [0.25, 0.3) is 0 Å². The predicted molar refractivity (Wildman–Crippen MR) is 89.3 cm³/mol. The number of hydrogen-bond acceptors (Lipinski definition) is 5. The number of fused-ring (bicyclic) bond motifs is 1. The molecular weight excluding hydrogens is 306 g/mol. The van der Waals surface area contributed by atoms with Gasteiger partial charge in [0, 0.05) is 58.6 Å². The number of amides is 1. The number of imidazole rings is 1. The molecular formula is C17H27N5O2. The topological polar surface area (TPSA) is 53.8 Å². The summed E-state index contributed by atoms with van der Waals surface area (Å²) in [5.74, 6) is 1.32. The first-order valence-corrected chi connectivity index (χ1v) is 9.01. The van der Waals surface area contributed by atoms with Gasteiger partial charge in [0.25, 0.3) is 0 Å². The quantitative estimate of drug-likeness (QED) is 0.780. The molecule has 1 aromatic rings. The number of rotatable bonds is 3. The van der Waals surface area contributed by atoms with Crippen molar-refractivity contribution < 1.29 is 9.53 Å². The molecule has 0 aliphatic carbocycles. The molecule has 3 aliphatic rings. The Hall–Kier alpha value is -1.44. The SMILES string of the molecule is CN1CCN(Cc2cnc3n2CCN(C(=O)[C@@H]2CCOC2)C3)CC1. The lowest BCUT2D eigenvalue weighted by atomic mass is 10.1. The number of hydrogen-bond donors (Lipinski definition) is 0. The molecule has 2 fully saturated rings. The standard InChI is InChI=1S/C17H27N5O2/c1-19-3-5-20(6-4-19)11-15-10-18-16-12-21(7-8-22(15)16)17(23)14-2-9-24-13-14/h10,14H,2-9,11-13H2,1H3/t14-/m1/s1. The van der Waals surface area contributed by atoms with Gasteiger partial charge in [-0.25, -0.2) is 4.98 Å². The van der Waals surface area contributed by atoms with E-state index in [9.17, 15) is 4.79 Å². The van der Waals surface area contributed by atoms with E-state index in [0.717, 1.165) is 58.1 Å². The van der Waals surface area contributed by atoms with E-state index in [-0.39, 0.29) is 11.8 Å². The minimum atomic E-state index is 0.0522. The molecule has 1 amide bonds. The van der Waals surface area contributed by atoms with Gasteiger partial charge < -0.3 is 19.1 Å². The van der Waals surface area contributed by atoms with Gasteiger partial charge in [-0.15, -0.1) is 0 Å². The minimum Gasteiger partial charge on any atom is -0.381 e. The van der Waals surface area contributed by atoms with Crippen molar-refractivity contribution in [1.29, 1.82) is 0 Å². The van der Waals surface area contributed by atoms with Crippen molar-refractivity contribution >= 4 is 5.91 Å². The molecule has 0 aromatic carbocycles. The zero-order valence-corrected chi connectivity index (χ0v) is 14.5. The predicted octanol–water partition coefficient (Wildman–Crippen LogP) is 0.00920. The summed E-state index contributed by atoms with van der Waals surface area (Å²) in [6.07, 6.45) is 2.86. The third kappa shape index (κ3) is 3.20. The van der Waals surface area contributed by atoms with E-state index in [2.05, 4.69) is 26.4 Å². The van der Waals surface area contributed by atoms with Crippen molar-refractivity contribution in [2.45, 2.75) is 26.1 Å². The van der Waals surface area contributed by atoms with Crippen LogP contribution in [-0.2, 0) is 29.2 Å². The van der Waals surface area contributed by atoms with Crippen LogP contribution in [0.1, 0.15) is 17.9 Å². The smallest absolute Gasteiger partial charge is 0.228 e. The van der Waals surface area contributed by atoms with Gasteiger partial charge in [0.05, 0.1) is 24.8 Å². The Morgan fingerprint density at radius 1 is 1.25 bits per heavy atom. The van der Waals surface area contributed by atoms with Crippen LogP contribution in [-0.4, -0.2) is 83.1 Å². The molecule has 0 radical (unpaired) electrons. The average Bonchev–Trinajstić information content (AvgIpc) is 3.26. The first-order valence-electron chi connectivity index (χ1n) is 9.01. The van der Waals surface area contributed by atoms with Crippen molar-refractivity contribution in [3.05, 3.63) is 17.7 Å². The maximum absolute atomic E-state index is 12.6. The minimum absolute atomic E-state index is 0.0522. The molecule has 24 heavy (non-hydrogen) atoms. The molecule has 0 saturated carbocycles. The zero-order chi connectivity index (χ0) is 16.5. The third-order valence-corrected chi connectivity index (χ3v) is 5.52. The number of likely N-dealkylation sites (N-methyl/N-ethyl adjacent to an activating group) is 1. The fraction of sp³-hybridized carbons (Fsp3) is 0.765. The second-order valence-electron chi connectivity index (χ2n) is 7.22. The lowest BCUT2D eigenvalue weighted by Crippen LogP contribution is -2.45. The second kappa shape index (κ2) is 6.82. The maximum Gasteiger partial charge on any atom is 0.228 e. The largest absolute Gasteiger partial charge is 0.381 e. The summed E-state index contributed by atoms with van der Waals surface area (Å²) >= 11 is 0. The summed E-state index contributed by atoms with van der Waals surface area (Å²) in [5, 5.41) is 0. The Balaban J connectivity index is 1.39. The van der Waals surface area contributed by atoms with E-state index in [1.54, 1.807) is 0 Å². The van der Waals surface area contributed by atoms with Crippen LogP contribution >= 0.6 is 0 Å². The van der Waals surface area contributed by atoms with Crippen LogP contribution in [0, 0.1) is 5.92 Å². The van der Waals surface area contributed by atoms with Crippen LogP contribution in [0.3, 0.4) is 0 Å². The second-order valence-corrected chi connectivity index (χ2v) is 7.22. The summed E-state index contributed by atoms with van der Waals surface area (Å²) in [7, 11) is 2.18. The van der Waals surface area contributed by atoms with E-state index < -0.39 is 0 Å². The van der Waals surface area contributed by atoms with Crippen molar-refractivity contribution in [3.63, 3.8) is 0 Å². The highest BCUT2D eigenvalue weighted by Gasteiger charge is 2.31. The Kier molecular flexibility index (Phi) is 4.56. The molecule has 4 heterocycles. The van der Waals surface area contributed by atoms with Gasteiger partial charge in [0.1, 0.15) is 5.82 Å². The summed E-state index contributed by atoms with van der Waals surface area (Å²) in [6, 6.07) is 0. The molecule has 132 valence electrons. The molecule has 7 heteroatoms. The molecule has 0 unspecified atom stereocenters. The van der Waals surface area contributed by atoms with E-state index in [0.29, 0.717) is 19.8 Å². The number of ether oxygens (including phenoxy) is 1. The van der Waals surface area contributed by atoms with E-state index in [4.69, 9.17) is 4.74 Å². The van der Waals surface area contributed by atoms with Gasteiger partial charge in [-0.1, -0.05) is 0 Å². The highest BCUT2D eigenvalue weighted by atomic mass is 16.5. The fourth-order valence-electron chi connectivity index (χ4n) is 3.86. The molecule has 2 saturated heterocycles. The van der Waals surface area contributed by atoms with Gasteiger partial charge in [-0.05, 0) is 13.5 Å². The molecule has 3 aliphatic heterocycles. The van der Waals surface area contributed by atoms with Gasteiger partial charge in [-0.2, -0.15) is 0 Å². The van der Waals surface area contributed by atoms with Gasteiger partial charge in [-0.3, -0.25) is 9.69 Å². The van der Waals surface area contributed by atoms with Crippen LogP contribution in [0.5, 0.6) is 0 Å². The number of piperazine rings is 1. The maximum atomic E-state index is 12.6. The van der Waals surface area contributed by atoms with E-state index >= 15 is 0 Å². The lowest BCUT2D eigenvalue weighted by Gasteiger charge is -2.33. The van der Waals surface area contributed by atoms with Crippen molar-refractivity contribution in [2.24, 2.45) is 5.92 Å². The monoisotopic (exact) mass is 333 g/mol. The molecule has 0 bridgehead atoms. The Morgan fingerprint density at radius 3 is 2.83 bits per heavy atom. The third-order valence-electron chi connectivity index (χ3n) is 5.52. The van der Waals surface area contributed by atoms with Crippen molar-refractivity contribution in [2.75, 3.05) is 53.0 Å². The molecule has 1 atom stereocenters. The highest BCUT2D eigenvalue weighted by molar-refractivity contribution is 5.79. The summed E-state index contributed by atoms with van der Waals surface area (Å²) in [4.78, 5) is 24.0. The van der Waals surface area contributed by atoms with Crippen LogP contribution in [0.4, 0.5) is 0 Å². The summed E-state index contributed by atoms with van der Waals surface area (Å²) < 4.78 is 7.67. The van der Waals surface area contributed by atoms with Gasteiger partial charge in [0.15, 0.2) is 0 Å². The Labute approximate surface area is 143 Å². The number of carbonyl (C=O) groups excluding carboxylic acids is 1. The van der Waals surface area contributed by atoms with Gasteiger partial charge >= 0.3 is 0 Å². The Bertz CT molecular complexity index is 588. The first kappa shape index (κ1) is 16.1. The van der Waals surface area contributed by atoms with Crippen molar-refractivity contribution in [3.8, 4) is 0 Å². The Morgan fingerprint density at radius 2 is 2.08 bits per heavy atom. The van der Waals surface area contributed by atoms with Crippen LogP contribution in [0.2, 0.25) is 0 Å². The number of carbonyl (C=O) groups is 1. The van der Waals surface area contributed by atoms with Crippen molar-refractivity contribution in [1.82, 2.24) is 24.3 Å². The molecule has 0 N–H and O–H groups in total. The first-order chi connectivity index (χ1) is 11.7. The van der Waals surface area contributed by atoms with E-state index in [1.807, 2.05) is 11.1 Å². The number of nitrogens with zero attached hydrogens (tertiary/aromatic N) is 5. The molecule has 7 nitrogen and oxygen atoms in total. The highest BCUT2D eigenvalue weighted by Crippen LogP contribution is 2.21. The van der Waals surface area contributed by atoms with Gasteiger partial charge in [0.2, 0.25) is 5.91 Å². The number of aromatic nitrogens is 2. The summed E-state index contributed by atoms with van der Waals surface area (Å²) in [5.41, 5.74) is 1.28. The van der Waals surface area contributed by atoms with E-state index in [1.165, 1.54) is 5.69 Å². The molecule has 0 spiro atoms. The average molecular weight is 333 g/mol. The van der Waals surface area contributed by atoms with Crippen LogP contribution in [0.15, 0.2) is 6.20 Å². The summed E-state index contributed by atoms with van der Waals surface area (Å²) in [6.45, 7) is 9.04. The molecule has 1 aromatic heterocycles. The fourth-order valence-corrected chi connectivity index (χ4v) is 3.86. The zero-order valence-electron chi connectivity index (χ0n) is 14.5. The molecule has 4 rings (SSSR count). The lowest BCUT2D eigenvalue weighted by molar-refractivity contribution is -0.137. The normalized spacial score (nSPS) is 25.9. The van der Waals surface area contributed by atoms with Crippen LogP contribution < -0.4 is 0 Å².